The summed E-state index contributed by atoms with van der Waals surface area (Å²) >= 11 is 5.23. The predicted octanol–water partition coefficient (Wildman–Crippen LogP) is 2.82. The lowest BCUT2D eigenvalue weighted by Gasteiger charge is -2.40. The molecule has 4 nitrogen and oxygen atoms in total. The first-order valence-corrected chi connectivity index (χ1v) is 6.96. The second-order valence-electron chi connectivity index (χ2n) is 4.90. The fourth-order valence-electron chi connectivity index (χ4n) is 2.70. The first kappa shape index (κ1) is 13.5. The molecule has 0 spiro atoms. The Kier molecular flexibility index (Phi) is 4.02. The number of rotatable bonds is 3. The summed E-state index contributed by atoms with van der Waals surface area (Å²) in [7, 11) is 0. The molecule has 1 aliphatic heterocycles. The van der Waals surface area contributed by atoms with Crippen LogP contribution in [0, 0.1) is 4.77 Å². The molecule has 18 heavy (non-hydrogen) atoms. The van der Waals surface area contributed by atoms with Crippen LogP contribution in [0.25, 0.3) is 0 Å². The van der Waals surface area contributed by atoms with E-state index in [9.17, 15) is 4.79 Å². The summed E-state index contributed by atoms with van der Waals surface area (Å²) in [5.41, 5.74) is -0.172. The van der Waals surface area contributed by atoms with Gasteiger partial charge in [-0.2, -0.15) is 0 Å². The van der Waals surface area contributed by atoms with E-state index in [1.54, 1.807) is 6.20 Å². The van der Waals surface area contributed by atoms with Crippen molar-refractivity contribution in [3.8, 4) is 0 Å². The maximum absolute atomic E-state index is 11.2. The number of H-pyrrole nitrogens is 1. The molecule has 1 aromatic heterocycles. The lowest BCUT2D eigenvalue weighted by atomic mass is 9.86. The molecule has 5 heteroatoms. The Balaban J connectivity index is 2.28. The highest BCUT2D eigenvalue weighted by Gasteiger charge is 2.35. The Morgan fingerprint density at radius 2 is 2.28 bits per heavy atom. The van der Waals surface area contributed by atoms with Gasteiger partial charge in [0.05, 0.1) is 5.60 Å². The van der Waals surface area contributed by atoms with Crippen LogP contribution < -0.4 is 5.56 Å². The quantitative estimate of drug-likeness (QED) is 0.857. The second kappa shape index (κ2) is 5.36. The van der Waals surface area contributed by atoms with Crippen LogP contribution in [0.2, 0.25) is 0 Å². The fraction of sp³-hybridized carbons (Fsp3) is 0.692. The smallest absolute Gasteiger partial charge is 0.251 e. The van der Waals surface area contributed by atoms with E-state index in [2.05, 4.69) is 18.8 Å². The van der Waals surface area contributed by atoms with Crippen molar-refractivity contribution in [1.29, 1.82) is 0 Å². The van der Waals surface area contributed by atoms with E-state index in [-0.39, 0.29) is 11.2 Å². The Labute approximate surface area is 112 Å². The Bertz CT molecular complexity index is 516. The Morgan fingerprint density at radius 1 is 1.56 bits per heavy atom. The molecule has 1 aliphatic rings. The minimum absolute atomic E-state index is 0.0339. The van der Waals surface area contributed by atoms with Crippen LogP contribution in [-0.4, -0.2) is 21.8 Å². The van der Waals surface area contributed by atoms with E-state index in [0.29, 0.717) is 10.8 Å². The number of aromatic nitrogens is 2. The minimum Gasteiger partial charge on any atom is -0.375 e. The first-order valence-electron chi connectivity index (χ1n) is 6.55. The molecule has 0 aliphatic carbocycles. The maximum atomic E-state index is 11.2. The van der Waals surface area contributed by atoms with E-state index in [1.165, 1.54) is 6.07 Å². The van der Waals surface area contributed by atoms with Crippen molar-refractivity contribution in [2.45, 2.75) is 51.2 Å². The van der Waals surface area contributed by atoms with Crippen molar-refractivity contribution in [2.75, 3.05) is 6.61 Å². The standard InChI is InChI=1S/C13H20N2O2S/c1-3-13(4-2)9-10(6-8-17-13)15-7-5-11(16)14-12(15)18/h5,7,10H,3-4,6,8-9H2,1-2H3,(H,14,16,18). The molecule has 2 rings (SSSR count). The number of hydrogen-bond donors (Lipinski definition) is 1. The van der Waals surface area contributed by atoms with Crippen molar-refractivity contribution >= 4 is 12.2 Å². The van der Waals surface area contributed by atoms with Crippen LogP contribution in [0.5, 0.6) is 0 Å². The van der Waals surface area contributed by atoms with E-state index >= 15 is 0 Å². The number of hydrogen-bond acceptors (Lipinski definition) is 3. The monoisotopic (exact) mass is 268 g/mol. The van der Waals surface area contributed by atoms with E-state index in [0.717, 1.165) is 32.3 Å². The Hall–Kier alpha value is -0.940. The molecule has 1 fully saturated rings. The van der Waals surface area contributed by atoms with Crippen LogP contribution in [0.3, 0.4) is 0 Å². The molecule has 1 unspecified atom stereocenters. The SMILES string of the molecule is CCC1(CC)CC(n2ccc(=O)[nH]c2=S)CCO1. The van der Waals surface area contributed by atoms with Crippen LogP contribution in [0.15, 0.2) is 17.1 Å². The van der Waals surface area contributed by atoms with Gasteiger partial charge in [0, 0.05) is 24.9 Å². The summed E-state index contributed by atoms with van der Waals surface area (Å²) in [6, 6.07) is 1.85. The third-order valence-corrected chi connectivity index (χ3v) is 4.31. The number of aromatic amines is 1. The zero-order valence-electron chi connectivity index (χ0n) is 10.9. The molecule has 1 atom stereocenters. The van der Waals surface area contributed by atoms with Gasteiger partial charge >= 0.3 is 0 Å². The molecular formula is C13H20N2O2S. The third kappa shape index (κ3) is 2.57. The summed E-state index contributed by atoms with van der Waals surface area (Å²) < 4.78 is 8.47. The van der Waals surface area contributed by atoms with Gasteiger partial charge in [0.1, 0.15) is 0 Å². The number of ether oxygens (including phenoxy) is 1. The van der Waals surface area contributed by atoms with Crippen LogP contribution in [0.4, 0.5) is 0 Å². The lowest BCUT2D eigenvalue weighted by molar-refractivity contribution is -0.0990. The van der Waals surface area contributed by atoms with Crippen molar-refractivity contribution < 1.29 is 4.74 Å². The highest BCUT2D eigenvalue weighted by Crippen LogP contribution is 2.36. The summed E-state index contributed by atoms with van der Waals surface area (Å²) in [5, 5.41) is 0. The highest BCUT2D eigenvalue weighted by molar-refractivity contribution is 7.71. The average Bonchev–Trinajstić information content (AvgIpc) is 2.38. The largest absolute Gasteiger partial charge is 0.375 e. The third-order valence-electron chi connectivity index (χ3n) is 4.00. The lowest BCUT2D eigenvalue weighted by Crippen LogP contribution is -2.39. The molecule has 0 amide bonds. The van der Waals surface area contributed by atoms with Gasteiger partial charge in [-0.25, -0.2) is 0 Å². The zero-order chi connectivity index (χ0) is 13.2. The van der Waals surface area contributed by atoms with E-state index in [1.807, 2.05) is 4.57 Å². The molecule has 1 N–H and O–H groups in total. The minimum atomic E-state index is -0.138. The van der Waals surface area contributed by atoms with Gasteiger partial charge < -0.3 is 9.30 Å². The fourth-order valence-corrected chi connectivity index (χ4v) is 3.01. The molecule has 100 valence electrons. The average molecular weight is 268 g/mol. The summed E-state index contributed by atoms with van der Waals surface area (Å²) in [6.45, 7) is 5.09. The molecule has 0 saturated carbocycles. The van der Waals surface area contributed by atoms with Crippen molar-refractivity contribution in [2.24, 2.45) is 0 Å². The summed E-state index contributed by atoms with van der Waals surface area (Å²) in [5.74, 6) is 0. The Morgan fingerprint density at radius 3 is 2.89 bits per heavy atom. The van der Waals surface area contributed by atoms with Crippen LogP contribution in [0.1, 0.15) is 45.6 Å². The highest BCUT2D eigenvalue weighted by atomic mass is 32.1. The van der Waals surface area contributed by atoms with Gasteiger partial charge in [-0.1, -0.05) is 13.8 Å². The van der Waals surface area contributed by atoms with Crippen molar-refractivity contribution in [3.63, 3.8) is 0 Å². The number of nitrogens with one attached hydrogen (secondary N) is 1. The van der Waals surface area contributed by atoms with Crippen molar-refractivity contribution in [1.82, 2.24) is 9.55 Å². The molecular weight excluding hydrogens is 248 g/mol. The van der Waals surface area contributed by atoms with E-state index < -0.39 is 0 Å². The van der Waals surface area contributed by atoms with Gasteiger partial charge in [0.25, 0.3) is 5.56 Å². The van der Waals surface area contributed by atoms with Crippen LogP contribution >= 0.6 is 12.2 Å². The number of nitrogens with zero attached hydrogens (tertiary/aromatic N) is 1. The summed E-state index contributed by atoms with van der Waals surface area (Å²) in [6.07, 6.45) is 5.73. The molecule has 2 heterocycles. The van der Waals surface area contributed by atoms with Gasteiger partial charge in [-0.05, 0) is 37.9 Å². The normalized spacial score (nSPS) is 22.9. The van der Waals surface area contributed by atoms with Gasteiger partial charge in [0.2, 0.25) is 0 Å². The maximum Gasteiger partial charge on any atom is 0.251 e. The molecule has 0 bridgehead atoms. The zero-order valence-corrected chi connectivity index (χ0v) is 11.8. The molecule has 1 aromatic rings. The van der Waals surface area contributed by atoms with E-state index in [4.69, 9.17) is 17.0 Å². The van der Waals surface area contributed by atoms with Gasteiger partial charge in [-0.3, -0.25) is 9.78 Å². The van der Waals surface area contributed by atoms with Crippen LogP contribution in [-0.2, 0) is 4.74 Å². The first-order chi connectivity index (χ1) is 8.60. The second-order valence-corrected chi connectivity index (χ2v) is 5.29. The molecule has 0 radical (unpaired) electrons. The predicted molar refractivity (Wildman–Crippen MR) is 73.4 cm³/mol. The molecule has 1 saturated heterocycles. The van der Waals surface area contributed by atoms with Gasteiger partial charge in [-0.15, -0.1) is 0 Å². The van der Waals surface area contributed by atoms with Gasteiger partial charge in [0.15, 0.2) is 4.77 Å². The van der Waals surface area contributed by atoms with Crippen molar-refractivity contribution in [3.05, 3.63) is 27.4 Å². The molecule has 0 aromatic carbocycles. The topological polar surface area (TPSA) is 47.0 Å². The summed E-state index contributed by atoms with van der Waals surface area (Å²) in [4.78, 5) is 13.9.